The normalized spacial score (nSPS) is 23.8. The smallest absolute Gasteiger partial charge is 0.225 e. The number of nitrogens with one attached hydrogen (secondary N) is 3. The van der Waals surface area contributed by atoms with Gasteiger partial charge in [-0.15, -0.1) is 0 Å². The summed E-state index contributed by atoms with van der Waals surface area (Å²) >= 11 is 0. The molecule has 3 rings (SSSR count). The van der Waals surface area contributed by atoms with Crippen molar-refractivity contribution in [1.29, 1.82) is 0 Å². The minimum atomic E-state index is -0.138. The van der Waals surface area contributed by atoms with Crippen LogP contribution in [-0.2, 0) is 4.79 Å². The molecule has 1 aromatic rings. The average Bonchev–Trinajstić information content (AvgIpc) is 2.73. The number of rotatable bonds is 1. The van der Waals surface area contributed by atoms with Crippen LogP contribution >= 0.6 is 0 Å². The van der Waals surface area contributed by atoms with E-state index >= 15 is 0 Å². The Morgan fingerprint density at radius 2 is 2.06 bits per heavy atom. The van der Waals surface area contributed by atoms with Gasteiger partial charge in [0.1, 0.15) is 6.17 Å². The predicted molar refractivity (Wildman–Crippen MR) is 59.8 cm³/mol. The Morgan fingerprint density at radius 1 is 1.25 bits per heavy atom. The molecule has 1 fully saturated rings. The molecule has 0 aliphatic carbocycles. The molecule has 16 heavy (non-hydrogen) atoms. The predicted octanol–water partition coefficient (Wildman–Crippen LogP) is 0.246. The summed E-state index contributed by atoms with van der Waals surface area (Å²) in [5, 5.41) is 4.79. The molecule has 1 atom stereocenters. The number of hydrazine groups is 2. The maximum atomic E-state index is 11.2. The van der Waals surface area contributed by atoms with Crippen molar-refractivity contribution in [3.8, 4) is 0 Å². The van der Waals surface area contributed by atoms with Crippen LogP contribution in [0.25, 0.3) is 0 Å². The zero-order valence-electron chi connectivity index (χ0n) is 8.60. The molecule has 2 aliphatic rings. The molecule has 1 saturated heterocycles. The van der Waals surface area contributed by atoms with Gasteiger partial charge in [0.05, 0.1) is 11.4 Å². The molecule has 0 spiro atoms. The molecule has 5 nitrogen and oxygen atoms in total. The molecule has 3 N–H and O–H groups in total. The fraction of sp³-hybridized carbons (Fsp3) is 0.182. The summed E-state index contributed by atoms with van der Waals surface area (Å²) in [6.07, 6.45) is 2.23. The summed E-state index contributed by atoms with van der Waals surface area (Å²) in [4.78, 5) is 11.2. The van der Waals surface area contributed by atoms with Crippen LogP contribution in [0.5, 0.6) is 0 Å². The summed E-state index contributed by atoms with van der Waals surface area (Å²) in [7, 11) is 0. The molecule has 0 saturated carbocycles. The minimum Gasteiger partial charge on any atom is -0.334 e. The standard InChI is InChI=1S/C11H12N4O/c16-10-7-6-9-11(12-10)13-14-15(9)8-4-2-1-3-5-8/h1-6,11,13-14H,7H2,(H,12,16). The van der Waals surface area contributed by atoms with Crippen LogP contribution in [0.4, 0.5) is 5.69 Å². The molecule has 0 radical (unpaired) electrons. The number of anilines is 1. The van der Waals surface area contributed by atoms with Gasteiger partial charge in [0.15, 0.2) is 0 Å². The van der Waals surface area contributed by atoms with Crippen LogP contribution in [0, 0.1) is 0 Å². The second kappa shape index (κ2) is 3.62. The van der Waals surface area contributed by atoms with Crippen LogP contribution in [0.15, 0.2) is 42.1 Å². The van der Waals surface area contributed by atoms with Gasteiger partial charge >= 0.3 is 0 Å². The number of amides is 1. The summed E-state index contributed by atoms with van der Waals surface area (Å²) in [6.45, 7) is 0. The van der Waals surface area contributed by atoms with E-state index in [9.17, 15) is 4.79 Å². The van der Waals surface area contributed by atoms with Crippen molar-refractivity contribution in [3.63, 3.8) is 0 Å². The van der Waals surface area contributed by atoms with E-state index in [0.29, 0.717) is 6.42 Å². The van der Waals surface area contributed by atoms with Crippen molar-refractivity contribution in [2.75, 3.05) is 5.01 Å². The van der Waals surface area contributed by atoms with Crippen molar-refractivity contribution in [1.82, 2.24) is 16.3 Å². The van der Waals surface area contributed by atoms with Crippen LogP contribution < -0.4 is 21.3 Å². The van der Waals surface area contributed by atoms with Gasteiger partial charge in [-0.3, -0.25) is 9.80 Å². The monoisotopic (exact) mass is 216 g/mol. The zero-order valence-corrected chi connectivity index (χ0v) is 8.60. The minimum absolute atomic E-state index is 0.0398. The van der Waals surface area contributed by atoms with E-state index in [2.05, 4.69) is 16.3 Å². The topological polar surface area (TPSA) is 56.4 Å². The Labute approximate surface area is 93.1 Å². The molecule has 0 bridgehead atoms. The van der Waals surface area contributed by atoms with Gasteiger partial charge < -0.3 is 5.32 Å². The molecule has 1 amide bonds. The van der Waals surface area contributed by atoms with E-state index in [1.165, 1.54) is 0 Å². The molecular formula is C11H12N4O. The first-order valence-corrected chi connectivity index (χ1v) is 5.20. The average molecular weight is 216 g/mol. The fourth-order valence-electron chi connectivity index (χ4n) is 1.92. The molecule has 2 heterocycles. The van der Waals surface area contributed by atoms with E-state index in [4.69, 9.17) is 0 Å². The lowest BCUT2D eigenvalue weighted by Crippen LogP contribution is -2.46. The van der Waals surface area contributed by atoms with Crippen molar-refractivity contribution < 1.29 is 4.79 Å². The van der Waals surface area contributed by atoms with Crippen LogP contribution in [-0.4, -0.2) is 12.1 Å². The maximum absolute atomic E-state index is 11.2. The van der Waals surface area contributed by atoms with Crippen molar-refractivity contribution >= 4 is 11.6 Å². The second-order valence-corrected chi connectivity index (χ2v) is 3.76. The van der Waals surface area contributed by atoms with Gasteiger partial charge in [0.25, 0.3) is 0 Å². The van der Waals surface area contributed by atoms with Gasteiger partial charge in [-0.05, 0) is 12.1 Å². The molecule has 0 aromatic heterocycles. The molecule has 5 heteroatoms. The first-order chi connectivity index (χ1) is 7.84. The molecular weight excluding hydrogens is 204 g/mol. The SMILES string of the molecule is O=C1CC=C2C(NNN2c2ccccc2)N1. The van der Waals surface area contributed by atoms with Gasteiger partial charge in [-0.2, -0.15) is 5.53 Å². The number of fused-ring (bicyclic) bond motifs is 1. The summed E-state index contributed by atoms with van der Waals surface area (Å²) in [5.41, 5.74) is 8.12. The third-order valence-electron chi connectivity index (χ3n) is 2.69. The first kappa shape index (κ1) is 9.38. The number of nitrogens with zero attached hydrogens (tertiary/aromatic N) is 1. The van der Waals surface area contributed by atoms with Crippen LogP contribution in [0.2, 0.25) is 0 Å². The Kier molecular flexibility index (Phi) is 2.12. The Hall–Kier alpha value is -1.85. The summed E-state index contributed by atoms with van der Waals surface area (Å²) in [5.74, 6) is 0.0398. The van der Waals surface area contributed by atoms with E-state index < -0.39 is 0 Å². The molecule has 1 aromatic carbocycles. The van der Waals surface area contributed by atoms with Gasteiger partial charge in [-0.25, -0.2) is 5.43 Å². The third kappa shape index (κ3) is 1.46. The second-order valence-electron chi connectivity index (χ2n) is 3.76. The molecule has 82 valence electrons. The highest BCUT2D eigenvalue weighted by Gasteiger charge is 2.31. The van der Waals surface area contributed by atoms with Crippen molar-refractivity contribution in [2.45, 2.75) is 12.6 Å². The lowest BCUT2D eigenvalue weighted by molar-refractivity contribution is -0.121. The van der Waals surface area contributed by atoms with Gasteiger partial charge in [0, 0.05) is 6.42 Å². The highest BCUT2D eigenvalue weighted by Crippen LogP contribution is 2.23. The first-order valence-electron chi connectivity index (χ1n) is 5.20. The molecule has 2 aliphatic heterocycles. The number of para-hydroxylation sites is 1. The van der Waals surface area contributed by atoms with E-state index in [0.717, 1.165) is 11.4 Å². The lowest BCUT2D eigenvalue weighted by atomic mass is 10.2. The number of hydrogen-bond acceptors (Lipinski definition) is 4. The van der Waals surface area contributed by atoms with Crippen molar-refractivity contribution in [3.05, 3.63) is 42.1 Å². The maximum Gasteiger partial charge on any atom is 0.225 e. The highest BCUT2D eigenvalue weighted by atomic mass is 16.2. The van der Waals surface area contributed by atoms with E-state index in [1.54, 1.807) is 0 Å². The van der Waals surface area contributed by atoms with Crippen LogP contribution in [0.3, 0.4) is 0 Å². The van der Waals surface area contributed by atoms with Crippen LogP contribution in [0.1, 0.15) is 6.42 Å². The number of hydrogen-bond donors (Lipinski definition) is 3. The number of benzene rings is 1. The van der Waals surface area contributed by atoms with Gasteiger partial charge in [0.2, 0.25) is 5.91 Å². The van der Waals surface area contributed by atoms with E-state index in [-0.39, 0.29) is 12.1 Å². The Balaban J connectivity index is 1.92. The fourth-order valence-corrected chi connectivity index (χ4v) is 1.92. The number of carbonyl (C=O) groups excluding carboxylic acids is 1. The summed E-state index contributed by atoms with van der Waals surface area (Å²) in [6, 6.07) is 9.95. The van der Waals surface area contributed by atoms with Gasteiger partial charge in [-0.1, -0.05) is 24.3 Å². The zero-order chi connectivity index (χ0) is 11.0. The molecule has 1 unspecified atom stereocenters. The Bertz CT molecular complexity index is 443. The van der Waals surface area contributed by atoms with E-state index in [1.807, 2.05) is 41.4 Å². The lowest BCUT2D eigenvalue weighted by Gasteiger charge is -2.22. The van der Waals surface area contributed by atoms with Crippen molar-refractivity contribution in [2.24, 2.45) is 0 Å². The Morgan fingerprint density at radius 3 is 2.88 bits per heavy atom. The highest BCUT2D eigenvalue weighted by molar-refractivity contribution is 5.80. The third-order valence-corrected chi connectivity index (χ3v) is 2.69. The quantitative estimate of drug-likeness (QED) is 0.629. The summed E-state index contributed by atoms with van der Waals surface area (Å²) < 4.78 is 0. The number of carbonyl (C=O) groups is 1. The largest absolute Gasteiger partial charge is 0.334 e.